The van der Waals surface area contributed by atoms with E-state index in [1.165, 1.54) is 22.7 Å². The van der Waals surface area contributed by atoms with Crippen LogP contribution in [0.3, 0.4) is 0 Å². The smallest absolute Gasteiger partial charge is 0.213 e. The Hall–Kier alpha value is -2.92. The minimum absolute atomic E-state index is 0.141. The molecular formula is C20H11NOS2. The van der Waals surface area contributed by atoms with Crippen LogP contribution in [-0.2, 0) is 0 Å². The van der Waals surface area contributed by atoms with Gasteiger partial charge in [-0.05, 0) is 35.7 Å². The van der Waals surface area contributed by atoms with Gasteiger partial charge in [-0.25, -0.2) is 0 Å². The van der Waals surface area contributed by atoms with E-state index < -0.39 is 0 Å². The normalized spacial score (nSPS) is 10.5. The van der Waals surface area contributed by atoms with Crippen LogP contribution in [0.4, 0.5) is 0 Å². The van der Waals surface area contributed by atoms with E-state index in [-0.39, 0.29) is 11.4 Å². The predicted molar refractivity (Wildman–Crippen MR) is 99.0 cm³/mol. The molecule has 0 aliphatic carbocycles. The van der Waals surface area contributed by atoms with Crippen LogP contribution in [0.25, 0.3) is 6.08 Å². The van der Waals surface area contributed by atoms with E-state index in [1.54, 1.807) is 18.2 Å². The minimum Gasteiger partial charge on any atom is -0.287 e. The Morgan fingerprint density at radius 1 is 1.00 bits per heavy atom. The summed E-state index contributed by atoms with van der Waals surface area (Å²) < 4.78 is 0. The molecule has 0 saturated carbocycles. The topological polar surface area (TPSA) is 40.9 Å². The highest BCUT2D eigenvalue weighted by atomic mass is 32.1. The molecular weight excluding hydrogens is 334 g/mol. The highest BCUT2D eigenvalue weighted by Gasteiger charge is 2.13. The SMILES string of the molecule is N#C/C(=C/c1cc(C#Cc2ccccc2)cs1)C(=O)c1cccs1. The summed E-state index contributed by atoms with van der Waals surface area (Å²) in [5, 5.41) is 13.0. The van der Waals surface area contributed by atoms with Crippen molar-refractivity contribution in [2.45, 2.75) is 0 Å². The summed E-state index contributed by atoms with van der Waals surface area (Å²) in [7, 11) is 0. The van der Waals surface area contributed by atoms with E-state index in [9.17, 15) is 10.1 Å². The summed E-state index contributed by atoms with van der Waals surface area (Å²) in [5.74, 6) is 5.95. The molecule has 24 heavy (non-hydrogen) atoms. The molecule has 3 aromatic rings. The third-order valence-corrected chi connectivity index (χ3v) is 4.89. The first-order valence-electron chi connectivity index (χ1n) is 7.12. The number of Topliss-reactive ketones (excluding diaryl/α,β-unsaturated/α-hetero) is 1. The van der Waals surface area contributed by atoms with Crippen LogP contribution in [0.15, 0.2) is 64.9 Å². The molecule has 0 aliphatic rings. The molecule has 0 spiro atoms. The zero-order valence-electron chi connectivity index (χ0n) is 12.5. The standard InChI is InChI=1S/C20H11NOS2/c21-13-17(20(22)19-7-4-10-23-19)12-18-11-16(14-24-18)9-8-15-5-2-1-3-6-15/h1-7,10-12,14H/b17-12-. The van der Waals surface area contributed by atoms with Crippen molar-refractivity contribution in [3.63, 3.8) is 0 Å². The number of ketones is 1. The Morgan fingerprint density at radius 2 is 1.79 bits per heavy atom. The Morgan fingerprint density at radius 3 is 2.50 bits per heavy atom. The van der Waals surface area contributed by atoms with Gasteiger partial charge in [0.2, 0.25) is 5.78 Å². The van der Waals surface area contributed by atoms with Gasteiger partial charge in [-0.15, -0.1) is 22.7 Å². The van der Waals surface area contributed by atoms with Crippen LogP contribution in [0.5, 0.6) is 0 Å². The Bertz CT molecular complexity index is 978. The second-order valence-electron chi connectivity index (χ2n) is 4.83. The molecule has 0 bridgehead atoms. The van der Waals surface area contributed by atoms with Crippen molar-refractivity contribution in [1.82, 2.24) is 0 Å². The molecule has 3 rings (SSSR count). The van der Waals surface area contributed by atoms with Crippen LogP contribution in [-0.4, -0.2) is 5.78 Å². The molecule has 0 fully saturated rings. The third kappa shape index (κ3) is 3.88. The molecule has 0 N–H and O–H groups in total. The van der Waals surface area contributed by atoms with Crippen LogP contribution >= 0.6 is 22.7 Å². The molecule has 0 radical (unpaired) electrons. The molecule has 0 saturated heterocycles. The zero-order valence-corrected chi connectivity index (χ0v) is 14.2. The summed E-state index contributed by atoms with van der Waals surface area (Å²) in [5.41, 5.74) is 1.96. The molecule has 0 atom stereocenters. The molecule has 0 aliphatic heterocycles. The van der Waals surface area contributed by atoms with Gasteiger partial charge in [0.25, 0.3) is 0 Å². The van der Waals surface area contributed by atoms with Crippen LogP contribution in [0.1, 0.15) is 25.7 Å². The van der Waals surface area contributed by atoms with E-state index in [0.29, 0.717) is 4.88 Å². The largest absolute Gasteiger partial charge is 0.287 e. The number of hydrogen-bond acceptors (Lipinski definition) is 4. The number of carbonyl (C=O) groups is 1. The molecule has 0 unspecified atom stereocenters. The van der Waals surface area contributed by atoms with Gasteiger partial charge in [-0.1, -0.05) is 36.1 Å². The van der Waals surface area contributed by atoms with Crippen molar-refractivity contribution in [3.05, 3.63) is 85.7 Å². The monoisotopic (exact) mass is 345 g/mol. The van der Waals surface area contributed by atoms with Gasteiger partial charge < -0.3 is 0 Å². The fourth-order valence-corrected chi connectivity index (χ4v) is 3.44. The van der Waals surface area contributed by atoms with Gasteiger partial charge in [0, 0.05) is 21.4 Å². The number of carbonyl (C=O) groups excluding carboxylic acids is 1. The first-order valence-corrected chi connectivity index (χ1v) is 8.88. The maximum absolute atomic E-state index is 12.3. The highest BCUT2D eigenvalue weighted by Crippen LogP contribution is 2.20. The van der Waals surface area contributed by atoms with Crippen molar-refractivity contribution in [2.24, 2.45) is 0 Å². The molecule has 2 heterocycles. The number of benzene rings is 1. The van der Waals surface area contributed by atoms with Crippen LogP contribution < -0.4 is 0 Å². The molecule has 2 nitrogen and oxygen atoms in total. The van der Waals surface area contributed by atoms with E-state index >= 15 is 0 Å². The van der Waals surface area contributed by atoms with Gasteiger partial charge >= 0.3 is 0 Å². The Kier molecular flexibility index (Phi) is 5.03. The Balaban J connectivity index is 1.81. The number of hydrogen-bond donors (Lipinski definition) is 0. The zero-order chi connectivity index (χ0) is 16.8. The first-order chi connectivity index (χ1) is 11.8. The lowest BCUT2D eigenvalue weighted by atomic mass is 10.1. The average Bonchev–Trinajstić information content (AvgIpc) is 3.30. The Labute approximate surface area is 148 Å². The summed E-state index contributed by atoms with van der Waals surface area (Å²) >= 11 is 2.80. The van der Waals surface area contributed by atoms with E-state index in [0.717, 1.165) is 16.0 Å². The van der Waals surface area contributed by atoms with Crippen molar-refractivity contribution >= 4 is 34.5 Å². The molecule has 2 aromatic heterocycles. The van der Waals surface area contributed by atoms with Gasteiger partial charge in [0.05, 0.1) is 4.88 Å². The third-order valence-electron chi connectivity index (χ3n) is 3.14. The number of thiophene rings is 2. The van der Waals surface area contributed by atoms with E-state index in [2.05, 4.69) is 11.8 Å². The first kappa shape index (κ1) is 16.0. The molecule has 1 aromatic carbocycles. The summed E-state index contributed by atoms with van der Waals surface area (Å²) in [4.78, 5) is 13.7. The second kappa shape index (κ2) is 7.57. The molecule has 4 heteroatoms. The fraction of sp³-hybridized carbons (Fsp3) is 0. The predicted octanol–water partition coefficient (Wildman–Crippen LogP) is 5.00. The summed E-state index contributed by atoms with van der Waals surface area (Å²) in [6.07, 6.45) is 1.63. The quantitative estimate of drug-likeness (QED) is 0.290. The fourth-order valence-electron chi connectivity index (χ4n) is 1.99. The number of allylic oxidation sites excluding steroid dienone is 1. The number of rotatable bonds is 3. The van der Waals surface area contributed by atoms with Crippen LogP contribution in [0.2, 0.25) is 0 Å². The minimum atomic E-state index is -0.238. The lowest BCUT2D eigenvalue weighted by Crippen LogP contribution is -1.98. The summed E-state index contributed by atoms with van der Waals surface area (Å²) in [6, 6.07) is 17.2. The van der Waals surface area contributed by atoms with Crippen LogP contribution in [0, 0.1) is 23.2 Å². The van der Waals surface area contributed by atoms with Crippen molar-refractivity contribution in [3.8, 4) is 17.9 Å². The van der Waals surface area contributed by atoms with Crippen molar-refractivity contribution in [2.75, 3.05) is 0 Å². The maximum atomic E-state index is 12.3. The average molecular weight is 345 g/mol. The van der Waals surface area contributed by atoms with Gasteiger partial charge in [-0.3, -0.25) is 4.79 Å². The maximum Gasteiger partial charge on any atom is 0.213 e. The molecule has 0 amide bonds. The van der Waals surface area contributed by atoms with E-state index in [4.69, 9.17) is 0 Å². The second-order valence-corrected chi connectivity index (χ2v) is 6.72. The number of nitrogens with zero attached hydrogens (tertiary/aromatic N) is 1. The number of nitriles is 1. The van der Waals surface area contributed by atoms with Gasteiger partial charge in [-0.2, -0.15) is 5.26 Å². The van der Waals surface area contributed by atoms with Crippen molar-refractivity contribution in [1.29, 1.82) is 5.26 Å². The lowest BCUT2D eigenvalue weighted by molar-refractivity contribution is 0.104. The molecule has 114 valence electrons. The van der Waals surface area contributed by atoms with E-state index in [1.807, 2.05) is 53.2 Å². The van der Waals surface area contributed by atoms with Crippen molar-refractivity contribution < 1.29 is 4.79 Å². The summed E-state index contributed by atoms with van der Waals surface area (Å²) in [6.45, 7) is 0. The highest BCUT2D eigenvalue weighted by molar-refractivity contribution is 7.12. The van der Waals surface area contributed by atoms with Gasteiger partial charge in [0.1, 0.15) is 11.6 Å². The van der Waals surface area contributed by atoms with Gasteiger partial charge in [0.15, 0.2) is 0 Å². The lowest BCUT2D eigenvalue weighted by Gasteiger charge is -1.93.